The van der Waals surface area contributed by atoms with Crippen molar-refractivity contribution in [3.63, 3.8) is 0 Å². The van der Waals surface area contributed by atoms with Crippen LogP contribution >= 0.6 is 0 Å². The maximum atomic E-state index is 13.2. The Morgan fingerprint density at radius 2 is 1.67 bits per heavy atom. The number of carbonyl (C=O) groups excluding carboxylic acids is 2. The van der Waals surface area contributed by atoms with E-state index in [2.05, 4.69) is 0 Å². The van der Waals surface area contributed by atoms with Gasteiger partial charge in [-0.1, -0.05) is 18.2 Å². The minimum absolute atomic E-state index is 0.0588. The van der Waals surface area contributed by atoms with Crippen molar-refractivity contribution in [1.82, 2.24) is 4.57 Å². The van der Waals surface area contributed by atoms with E-state index >= 15 is 0 Å². The fraction of sp³-hybridized carbons (Fsp3) is 0.143. The molecule has 0 amide bonds. The third-order valence-electron chi connectivity index (χ3n) is 4.24. The van der Waals surface area contributed by atoms with E-state index < -0.39 is 30.0 Å². The van der Waals surface area contributed by atoms with Gasteiger partial charge < -0.3 is 9.30 Å². The van der Waals surface area contributed by atoms with Crippen LogP contribution in [-0.4, -0.2) is 22.9 Å². The first-order chi connectivity index (χ1) is 12.9. The van der Waals surface area contributed by atoms with Gasteiger partial charge in [-0.25, -0.2) is 13.6 Å². The molecular formula is C21H17F2NO3. The van der Waals surface area contributed by atoms with E-state index in [1.165, 1.54) is 0 Å². The normalized spacial score (nSPS) is 10.7. The predicted octanol–water partition coefficient (Wildman–Crippen LogP) is 4.41. The highest BCUT2D eigenvalue weighted by atomic mass is 19.2. The van der Waals surface area contributed by atoms with E-state index in [0.29, 0.717) is 11.3 Å². The molecule has 0 saturated heterocycles. The quantitative estimate of drug-likeness (QED) is 0.494. The summed E-state index contributed by atoms with van der Waals surface area (Å²) in [5.41, 5.74) is 2.72. The van der Waals surface area contributed by atoms with E-state index in [-0.39, 0.29) is 5.56 Å². The van der Waals surface area contributed by atoms with Crippen LogP contribution in [0.2, 0.25) is 0 Å². The molecule has 0 aliphatic heterocycles. The number of aromatic nitrogens is 1. The van der Waals surface area contributed by atoms with E-state index in [1.807, 2.05) is 41.8 Å². The van der Waals surface area contributed by atoms with Gasteiger partial charge in [-0.2, -0.15) is 0 Å². The van der Waals surface area contributed by atoms with E-state index in [0.717, 1.165) is 29.6 Å². The molecule has 0 saturated carbocycles. The number of esters is 1. The summed E-state index contributed by atoms with van der Waals surface area (Å²) in [5, 5.41) is 0. The monoisotopic (exact) mass is 369 g/mol. The Balaban J connectivity index is 1.75. The van der Waals surface area contributed by atoms with Gasteiger partial charge in [0.25, 0.3) is 0 Å². The minimum Gasteiger partial charge on any atom is -0.454 e. The Bertz CT molecular complexity index is 1010. The van der Waals surface area contributed by atoms with E-state index in [4.69, 9.17) is 4.74 Å². The second-order valence-electron chi connectivity index (χ2n) is 6.08. The number of ketones is 1. The molecule has 138 valence electrons. The lowest BCUT2D eigenvalue weighted by Gasteiger charge is -2.09. The maximum Gasteiger partial charge on any atom is 0.340 e. The molecule has 27 heavy (non-hydrogen) atoms. The van der Waals surface area contributed by atoms with Crippen LogP contribution in [0.15, 0.2) is 54.6 Å². The highest BCUT2D eigenvalue weighted by molar-refractivity contribution is 5.99. The topological polar surface area (TPSA) is 48.3 Å². The number of rotatable bonds is 5. The summed E-state index contributed by atoms with van der Waals surface area (Å²) >= 11 is 0. The van der Waals surface area contributed by atoms with Crippen molar-refractivity contribution in [3.05, 3.63) is 88.7 Å². The summed E-state index contributed by atoms with van der Waals surface area (Å²) in [6, 6.07) is 14.0. The van der Waals surface area contributed by atoms with Crippen molar-refractivity contribution in [3.8, 4) is 5.69 Å². The Labute approximate surface area is 155 Å². The molecule has 3 rings (SSSR count). The molecule has 1 heterocycles. The first-order valence-electron chi connectivity index (χ1n) is 8.28. The van der Waals surface area contributed by atoms with Crippen LogP contribution in [0.25, 0.3) is 5.69 Å². The second kappa shape index (κ2) is 7.53. The van der Waals surface area contributed by atoms with Gasteiger partial charge in [0.2, 0.25) is 0 Å². The van der Waals surface area contributed by atoms with Crippen LogP contribution in [0.5, 0.6) is 0 Å². The Morgan fingerprint density at radius 3 is 2.33 bits per heavy atom. The van der Waals surface area contributed by atoms with Crippen LogP contribution < -0.4 is 0 Å². The van der Waals surface area contributed by atoms with Crippen LogP contribution in [-0.2, 0) is 4.74 Å². The summed E-state index contributed by atoms with van der Waals surface area (Å²) in [5.74, 6) is -3.43. The van der Waals surface area contributed by atoms with Gasteiger partial charge in [0.1, 0.15) is 0 Å². The number of Topliss-reactive ketones (excluding diaryl/α,β-unsaturated/α-hetero) is 1. The van der Waals surface area contributed by atoms with Crippen molar-refractivity contribution < 1.29 is 23.1 Å². The molecule has 0 aliphatic carbocycles. The molecule has 6 heteroatoms. The van der Waals surface area contributed by atoms with Gasteiger partial charge in [0.05, 0.1) is 5.56 Å². The molecule has 0 bridgehead atoms. The summed E-state index contributed by atoms with van der Waals surface area (Å²) < 4.78 is 33.2. The molecule has 4 nitrogen and oxygen atoms in total. The van der Waals surface area contributed by atoms with Crippen LogP contribution in [0.1, 0.15) is 32.1 Å². The van der Waals surface area contributed by atoms with Crippen LogP contribution in [0.4, 0.5) is 8.78 Å². The smallest absolute Gasteiger partial charge is 0.340 e. The molecule has 0 unspecified atom stereocenters. The molecule has 1 aromatic heterocycles. The second-order valence-corrected chi connectivity index (χ2v) is 6.08. The molecule has 0 radical (unpaired) electrons. The van der Waals surface area contributed by atoms with Crippen molar-refractivity contribution in [2.24, 2.45) is 0 Å². The lowest BCUT2D eigenvalue weighted by Crippen LogP contribution is -2.15. The van der Waals surface area contributed by atoms with Gasteiger partial charge in [0, 0.05) is 22.6 Å². The summed E-state index contributed by atoms with van der Waals surface area (Å²) in [6.07, 6.45) is 0. The number of para-hydroxylation sites is 1. The number of nitrogens with zero attached hydrogens (tertiary/aromatic N) is 1. The summed E-state index contributed by atoms with van der Waals surface area (Å²) in [6.45, 7) is 3.09. The molecule has 2 aromatic carbocycles. The summed E-state index contributed by atoms with van der Waals surface area (Å²) in [4.78, 5) is 24.4. The Kier molecular flexibility index (Phi) is 5.16. The number of benzene rings is 2. The number of ether oxygens (including phenoxy) is 1. The molecule has 0 spiro atoms. The largest absolute Gasteiger partial charge is 0.454 e. The third-order valence-corrected chi connectivity index (χ3v) is 4.24. The van der Waals surface area contributed by atoms with Gasteiger partial charge in [-0.05, 0) is 50.2 Å². The lowest BCUT2D eigenvalue weighted by atomic mass is 10.1. The lowest BCUT2D eigenvalue weighted by molar-refractivity contribution is 0.0474. The fourth-order valence-corrected chi connectivity index (χ4v) is 2.91. The van der Waals surface area contributed by atoms with Crippen molar-refractivity contribution in [2.75, 3.05) is 6.61 Å². The number of hydrogen-bond acceptors (Lipinski definition) is 3. The Hall–Kier alpha value is -3.28. The first-order valence-corrected chi connectivity index (χ1v) is 8.28. The molecular weight excluding hydrogens is 352 g/mol. The first kappa shape index (κ1) is 18.5. The van der Waals surface area contributed by atoms with Crippen molar-refractivity contribution >= 4 is 11.8 Å². The molecule has 0 aliphatic rings. The average Bonchev–Trinajstić information content (AvgIpc) is 2.96. The van der Waals surface area contributed by atoms with Gasteiger partial charge in [-0.15, -0.1) is 0 Å². The number of hydrogen-bond donors (Lipinski definition) is 0. The average molecular weight is 369 g/mol. The van der Waals surface area contributed by atoms with Crippen molar-refractivity contribution in [2.45, 2.75) is 13.8 Å². The zero-order valence-corrected chi connectivity index (χ0v) is 14.8. The predicted molar refractivity (Wildman–Crippen MR) is 96.2 cm³/mol. The van der Waals surface area contributed by atoms with Gasteiger partial charge in [-0.3, -0.25) is 4.79 Å². The standard InChI is InChI=1S/C21H17F2NO3/c1-13-10-17(14(2)24(13)16-6-4-3-5-7-16)21(26)27-12-20(25)15-8-9-18(22)19(23)11-15/h3-11H,12H2,1-2H3. The third kappa shape index (κ3) is 3.79. The molecule has 0 fully saturated rings. The van der Waals surface area contributed by atoms with Gasteiger partial charge in [0.15, 0.2) is 24.0 Å². The van der Waals surface area contributed by atoms with Crippen LogP contribution in [0.3, 0.4) is 0 Å². The zero-order chi connectivity index (χ0) is 19.6. The molecule has 0 atom stereocenters. The SMILES string of the molecule is Cc1cc(C(=O)OCC(=O)c2ccc(F)c(F)c2)c(C)n1-c1ccccc1. The molecule has 0 N–H and O–H groups in total. The zero-order valence-electron chi connectivity index (χ0n) is 14.8. The fourth-order valence-electron chi connectivity index (χ4n) is 2.91. The number of halogens is 2. The maximum absolute atomic E-state index is 13.2. The van der Waals surface area contributed by atoms with E-state index in [9.17, 15) is 18.4 Å². The number of aryl methyl sites for hydroxylation is 1. The Morgan fingerprint density at radius 1 is 0.963 bits per heavy atom. The van der Waals surface area contributed by atoms with Gasteiger partial charge >= 0.3 is 5.97 Å². The van der Waals surface area contributed by atoms with Crippen LogP contribution in [0, 0.1) is 25.5 Å². The minimum atomic E-state index is -1.13. The highest BCUT2D eigenvalue weighted by Gasteiger charge is 2.19. The van der Waals surface area contributed by atoms with E-state index in [1.54, 1.807) is 13.0 Å². The summed E-state index contributed by atoms with van der Waals surface area (Å²) in [7, 11) is 0. The van der Waals surface area contributed by atoms with Crippen molar-refractivity contribution in [1.29, 1.82) is 0 Å². The highest BCUT2D eigenvalue weighted by Crippen LogP contribution is 2.21. The molecule has 3 aromatic rings. The number of carbonyl (C=O) groups is 2.